The van der Waals surface area contributed by atoms with Gasteiger partial charge in [0.05, 0.1) is 15.7 Å². The van der Waals surface area contributed by atoms with E-state index in [0.717, 1.165) is 11.4 Å². The third kappa shape index (κ3) is 2.51. The van der Waals surface area contributed by atoms with Crippen LogP contribution in [-0.2, 0) is 0 Å². The van der Waals surface area contributed by atoms with Crippen molar-refractivity contribution in [2.75, 3.05) is 5.32 Å². The van der Waals surface area contributed by atoms with E-state index in [4.69, 9.17) is 0 Å². The summed E-state index contributed by atoms with van der Waals surface area (Å²) in [6.07, 6.45) is 7.01. The lowest BCUT2D eigenvalue weighted by Gasteiger charge is -2.29. The van der Waals surface area contributed by atoms with Gasteiger partial charge in [-0.25, -0.2) is 4.98 Å². The molecular formula is C15H20N2S. The topological polar surface area (TPSA) is 24.9 Å². The Bertz CT molecular complexity index is 514. The number of hydrogen-bond acceptors (Lipinski definition) is 3. The summed E-state index contributed by atoms with van der Waals surface area (Å²) in [4.78, 5) is 4.32. The van der Waals surface area contributed by atoms with Gasteiger partial charge in [0.25, 0.3) is 0 Å². The molecule has 0 bridgehead atoms. The lowest BCUT2D eigenvalue weighted by molar-refractivity contribution is 0.328. The summed E-state index contributed by atoms with van der Waals surface area (Å²) >= 11 is 1.71. The summed E-state index contributed by atoms with van der Waals surface area (Å²) in [5, 5.41) is 3.67. The van der Waals surface area contributed by atoms with Gasteiger partial charge in [-0.05, 0) is 43.9 Å². The van der Waals surface area contributed by atoms with Crippen LogP contribution in [0.15, 0.2) is 23.7 Å². The normalized spacial score (nSPS) is 18.9. The zero-order valence-corrected chi connectivity index (χ0v) is 11.7. The average molecular weight is 260 g/mol. The van der Waals surface area contributed by atoms with Gasteiger partial charge in [-0.1, -0.05) is 19.3 Å². The van der Waals surface area contributed by atoms with Crippen molar-refractivity contribution in [1.29, 1.82) is 0 Å². The average Bonchev–Trinajstić information content (AvgIpc) is 2.87. The highest BCUT2D eigenvalue weighted by atomic mass is 32.1. The first kappa shape index (κ1) is 12.0. The molecule has 0 saturated heterocycles. The van der Waals surface area contributed by atoms with Crippen LogP contribution >= 0.6 is 11.3 Å². The smallest absolute Gasteiger partial charge is 0.0813 e. The Kier molecular flexibility index (Phi) is 3.50. The molecule has 1 aliphatic rings. The van der Waals surface area contributed by atoms with E-state index in [0.29, 0.717) is 6.04 Å². The number of fused-ring (bicyclic) bond motifs is 1. The first-order valence-electron chi connectivity index (χ1n) is 6.93. The van der Waals surface area contributed by atoms with Crippen LogP contribution in [0.5, 0.6) is 0 Å². The molecule has 1 atom stereocenters. The Balaban J connectivity index is 1.70. The molecule has 1 aromatic heterocycles. The molecule has 1 heterocycles. The fourth-order valence-corrected chi connectivity index (χ4v) is 3.68. The molecule has 1 aliphatic carbocycles. The molecule has 0 amide bonds. The standard InChI is InChI=1S/C15H20N2S/c1-11(12-5-3-2-4-6-12)17-13-7-8-14-15(9-13)18-10-16-14/h7-12,17H,2-6H2,1H3. The van der Waals surface area contributed by atoms with Crippen LogP contribution in [0.2, 0.25) is 0 Å². The minimum atomic E-state index is 0.579. The van der Waals surface area contributed by atoms with E-state index in [1.165, 1.54) is 42.5 Å². The number of benzene rings is 1. The van der Waals surface area contributed by atoms with Crippen LogP contribution in [0.3, 0.4) is 0 Å². The van der Waals surface area contributed by atoms with E-state index < -0.39 is 0 Å². The van der Waals surface area contributed by atoms with Crippen LogP contribution in [0.1, 0.15) is 39.0 Å². The van der Waals surface area contributed by atoms with Crippen molar-refractivity contribution in [3.05, 3.63) is 23.7 Å². The highest BCUT2D eigenvalue weighted by Crippen LogP contribution is 2.29. The molecule has 1 unspecified atom stereocenters. The maximum Gasteiger partial charge on any atom is 0.0813 e. The monoisotopic (exact) mass is 260 g/mol. The molecule has 3 rings (SSSR count). The van der Waals surface area contributed by atoms with Crippen LogP contribution in [0, 0.1) is 5.92 Å². The molecule has 0 radical (unpaired) electrons. The van der Waals surface area contributed by atoms with Crippen molar-refractivity contribution in [3.63, 3.8) is 0 Å². The number of nitrogens with zero attached hydrogens (tertiary/aromatic N) is 1. The first-order chi connectivity index (χ1) is 8.83. The van der Waals surface area contributed by atoms with Crippen molar-refractivity contribution in [1.82, 2.24) is 4.98 Å². The first-order valence-corrected chi connectivity index (χ1v) is 7.81. The van der Waals surface area contributed by atoms with Crippen molar-refractivity contribution in [3.8, 4) is 0 Å². The summed E-state index contributed by atoms with van der Waals surface area (Å²) in [5.41, 5.74) is 4.26. The second kappa shape index (κ2) is 5.27. The molecule has 3 heteroatoms. The molecule has 0 spiro atoms. The van der Waals surface area contributed by atoms with E-state index in [1.54, 1.807) is 11.3 Å². The zero-order chi connectivity index (χ0) is 12.4. The van der Waals surface area contributed by atoms with Gasteiger partial charge < -0.3 is 5.32 Å². The second-order valence-electron chi connectivity index (χ2n) is 5.37. The second-order valence-corrected chi connectivity index (χ2v) is 6.25. The molecule has 96 valence electrons. The van der Waals surface area contributed by atoms with Gasteiger partial charge in [0.1, 0.15) is 0 Å². The summed E-state index contributed by atoms with van der Waals surface area (Å²) < 4.78 is 1.27. The molecule has 1 aromatic carbocycles. The van der Waals surface area contributed by atoms with Gasteiger partial charge in [-0.3, -0.25) is 0 Å². The van der Waals surface area contributed by atoms with Gasteiger partial charge in [0.15, 0.2) is 0 Å². The Morgan fingerprint density at radius 3 is 2.94 bits per heavy atom. The zero-order valence-electron chi connectivity index (χ0n) is 10.9. The Morgan fingerprint density at radius 1 is 1.28 bits per heavy atom. The van der Waals surface area contributed by atoms with Crippen LogP contribution in [0.4, 0.5) is 5.69 Å². The molecule has 1 saturated carbocycles. The predicted molar refractivity (Wildman–Crippen MR) is 79.3 cm³/mol. The number of hydrogen-bond donors (Lipinski definition) is 1. The minimum absolute atomic E-state index is 0.579. The van der Waals surface area contributed by atoms with Gasteiger partial charge >= 0.3 is 0 Å². The number of thiazole rings is 1. The number of nitrogens with one attached hydrogen (secondary N) is 1. The number of rotatable bonds is 3. The lowest BCUT2D eigenvalue weighted by Crippen LogP contribution is -2.27. The Hall–Kier alpha value is -1.09. The van der Waals surface area contributed by atoms with Gasteiger partial charge in [-0.15, -0.1) is 11.3 Å². The number of aromatic nitrogens is 1. The third-order valence-corrected chi connectivity index (χ3v) is 4.87. The SMILES string of the molecule is CC(Nc1ccc2ncsc2c1)C1CCCCC1. The van der Waals surface area contributed by atoms with Crippen molar-refractivity contribution in [2.45, 2.75) is 45.1 Å². The fourth-order valence-electron chi connectivity index (χ4n) is 2.96. The lowest BCUT2D eigenvalue weighted by atomic mass is 9.84. The van der Waals surface area contributed by atoms with Crippen molar-refractivity contribution in [2.24, 2.45) is 5.92 Å². The molecular weight excluding hydrogens is 240 g/mol. The van der Waals surface area contributed by atoms with E-state index in [-0.39, 0.29) is 0 Å². The summed E-state index contributed by atoms with van der Waals surface area (Å²) in [6.45, 7) is 2.33. The maximum atomic E-state index is 4.32. The van der Waals surface area contributed by atoms with E-state index in [2.05, 4.69) is 35.4 Å². The summed E-state index contributed by atoms with van der Waals surface area (Å²) in [7, 11) is 0. The molecule has 1 fully saturated rings. The Labute approximate surface area is 112 Å². The number of anilines is 1. The molecule has 2 nitrogen and oxygen atoms in total. The van der Waals surface area contributed by atoms with E-state index in [9.17, 15) is 0 Å². The summed E-state index contributed by atoms with van der Waals surface area (Å²) in [5.74, 6) is 0.843. The van der Waals surface area contributed by atoms with Gasteiger partial charge in [0.2, 0.25) is 0 Å². The minimum Gasteiger partial charge on any atom is -0.382 e. The predicted octanol–water partition coefficient (Wildman–Crippen LogP) is 4.68. The molecule has 2 aromatic rings. The van der Waals surface area contributed by atoms with Gasteiger partial charge in [0, 0.05) is 11.7 Å². The Morgan fingerprint density at radius 2 is 2.11 bits per heavy atom. The van der Waals surface area contributed by atoms with E-state index in [1.807, 2.05) is 5.51 Å². The van der Waals surface area contributed by atoms with Crippen molar-refractivity contribution >= 4 is 27.2 Å². The van der Waals surface area contributed by atoms with E-state index >= 15 is 0 Å². The van der Waals surface area contributed by atoms with Crippen LogP contribution < -0.4 is 5.32 Å². The molecule has 18 heavy (non-hydrogen) atoms. The van der Waals surface area contributed by atoms with Crippen molar-refractivity contribution < 1.29 is 0 Å². The maximum absolute atomic E-state index is 4.32. The van der Waals surface area contributed by atoms with Crippen LogP contribution in [0.25, 0.3) is 10.2 Å². The fraction of sp³-hybridized carbons (Fsp3) is 0.533. The summed E-state index contributed by atoms with van der Waals surface area (Å²) in [6, 6.07) is 7.07. The third-order valence-electron chi connectivity index (χ3n) is 4.08. The van der Waals surface area contributed by atoms with Gasteiger partial charge in [-0.2, -0.15) is 0 Å². The largest absolute Gasteiger partial charge is 0.382 e. The quantitative estimate of drug-likeness (QED) is 0.867. The molecule has 1 N–H and O–H groups in total. The highest BCUT2D eigenvalue weighted by molar-refractivity contribution is 7.16. The molecule has 0 aliphatic heterocycles. The van der Waals surface area contributed by atoms with Crippen LogP contribution in [-0.4, -0.2) is 11.0 Å². The highest BCUT2D eigenvalue weighted by Gasteiger charge is 2.19.